The molecule has 2 aromatic rings. The maximum atomic E-state index is 5.96. The molecule has 0 spiro atoms. The van der Waals surface area contributed by atoms with Gasteiger partial charge in [0.05, 0.1) is 0 Å². The topological polar surface area (TPSA) is 38.3 Å². The number of rotatable bonds is 8. The summed E-state index contributed by atoms with van der Waals surface area (Å²) >= 11 is 1.73. The number of ether oxygens (including phenoxy) is 1. The molecule has 1 aromatic heterocycles. The minimum absolute atomic E-state index is 0.494. The first-order valence-corrected chi connectivity index (χ1v) is 9.59. The van der Waals surface area contributed by atoms with E-state index in [-0.39, 0.29) is 0 Å². The van der Waals surface area contributed by atoms with Gasteiger partial charge < -0.3 is 4.74 Å². The van der Waals surface area contributed by atoms with E-state index < -0.39 is 0 Å². The van der Waals surface area contributed by atoms with Crippen molar-refractivity contribution in [2.45, 2.75) is 44.7 Å². The van der Waals surface area contributed by atoms with Gasteiger partial charge in [-0.2, -0.15) is 0 Å². The third kappa shape index (κ3) is 4.95. The SMILES string of the molecule is CSc1ccc(-c2nccnc2OCCN(C(C)C)C(C)C)cc1. The van der Waals surface area contributed by atoms with Crippen molar-refractivity contribution in [3.63, 3.8) is 0 Å². The minimum Gasteiger partial charge on any atom is -0.475 e. The molecular formula is C19H27N3OS. The smallest absolute Gasteiger partial charge is 0.240 e. The number of hydrogen-bond donors (Lipinski definition) is 0. The Morgan fingerprint density at radius 2 is 1.62 bits per heavy atom. The Hall–Kier alpha value is -1.59. The summed E-state index contributed by atoms with van der Waals surface area (Å²) in [5.74, 6) is 0.599. The standard InChI is InChI=1S/C19H27N3OS/c1-14(2)22(15(3)4)12-13-23-19-18(20-10-11-21-19)16-6-8-17(24-5)9-7-16/h6-11,14-15H,12-13H2,1-5H3. The highest BCUT2D eigenvalue weighted by molar-refractivity contribution is 7.98. The van der Waals surface area contributed by atoms with Crippen LogP contribution < -0.4 is 4.74 Å². The van der Waals surface area contributed by atoms with E-state index in [9.17, 15) is 0 Å². The predicted molar refractivity (Wildman–Crippen MR) is 102 cm³/mol. The second-order valence-electron chi connectivity index (χ2n) is 6.21. The van der Waals surface area contributed by atoms with E-state index in [2.05, 4.69) is 73.1 Å². The molecule has 0 bridgehead atoms. The Kier molecular flexibility index (Phi) is 7.06. The highest BCUT2D eigenvalue weighted by atomic mass is 32.2. The van der Waals surface area contributed by atoms with Gasteiger partial charge in [-0.15, -0.1) is 11.8 Å². The number of benzene rings is 1. The number of hydrogen-bond acceptors (Lipinski definition) is 5. The molecule has 0 saturated carbocycles. The molecule has 5 heteroatoms. The van der Waals surface area contributed by atoms with Crippen molar-refractivity contribution < 1.29 is 4.74 Å². The maximum Gasteiger partial charge on any atom is 0.240 e. The van der Waals surface area contributed by atoms with Crippen molar-refractivity contribution in [2.75, 3.05) is 19.4 Å². The van der Waals surface area contributed by atoms with Gasteiger partial charge in [0.1, 0.15) is 12.3 Å². The quantitative estimate of drug-likeness (QED) is 0.665. The third-order valence-electron chi connectivity index (χ3n) is 3.94. The van der Waals surface area contributed by atoms with Gasteiger partial charge in [0, 0.05) is 41.5 Å². The first-order chi connectivity index (χ1) is 11.5. The second kappa shape index (κ2) is 9.04. The molecule has 0 unspecified atom stereocenters. The Bertz CT molecular complexity index is 621. The maximum absolute atomic E-state index is 5.96. The van der Waals surface area contributed by atoms with Crippen LogP contribution in [0, 0.1) is 0 Å². The zero-order valence-corrected chi connectivity index (χ0v) is 16.0. The van der Waals surface area contributed by atoms with Crippen molar-refractivity contribution in [1.82, 2.24) is 14.9 Å². The molecule has 24 heavy (non-hydrogen) atoms. The van der Waals surface area contributed by atoms with Crippen molar-refractivity contribution in [2.24, 2.45) is 0 Å². The molecule has 0 atom stereocenters. The fraction of sp³-hybridized carbons (Fsp3) is 0.474. The fourth-order valence-corrected chi connectivity index (χ4v) is 3.15. The highest BCUT2D eigenvalue weighted by Crippen LogP contribution is 2.27. The Morgan fingerprint density at radius 1 is 1.00 bits per heavy atom. The van der Waals surface area contributed by atoms with Crippen LogP contribution in [0.25, 0.3) is 11.3 Å². The lowest BCUT2D eigenvalue weighted by Gasteiger charge is -2.30. The highest BCUT2D eigenvalue weighted by Gasteiger charge is 2.14. The molecule has 0 amide bonds. The van der Waals surface area contributed by atoms with Gasteiger partial charge >= 0.3 is 0 Å². The lowest BCUT2D eigenvalue weighted by atomic mass is 10.1. The van der Waals surface area contributed by atoms with Crippen LogP contribution in [0.2, 0.25) is 0 Å². The summed E-state index contributed by atoms with van der Waals surface area (Å²) in [5.41, 5.74) is 1.83. The van der Waals surface area contributed by atoms with Crippen molar-refractivity contribution in [1.29, 1.82) is 0 Å². The Balaban J connectivity index is 2.08. The van der Waals surface area contributed by atoms with Gasteiger partial charge in [0.25, 0.3) is 0 Å². The van der Waals surface area contributed by atoms with Crippen LogP contribution in [0.4, 0.5) is 0 Å². The van der Waals surface area contributed by atoms with E-state index in [0.717, 1.165) is 17.8 Å². The number of thioether (sulfide) groups is 1. The van der Waals surface area contributed by atoms with E-state index in [1.54, 1.807) is 24.2 Å². The summed E-state index contributed by atoms with van der Waals surface area (Å²) in [5, 5.41) is 0. The minimum atomic E-state index is 0.494. The Labute approximate surface area is 149 Å². The molecule has 0 fully saturated rings. The Morgan fingerprint density at radius 3 is 2.21 bits per heavy atom. The van der Waals surface area contributed by atoms with E-state index >= 15 is 0 Å². The third-order valence-corrected chi connectivity index (χ3v) is 4.69. The van der Waals surface area contributed by atoms with Crippen LogP contribution in [0.3, 0.4) is 0 Å². The molecular weight excluding hydrogens is 318 g/mol. The largest absolute Gasteiger partial charge is 0.475 e. The van der Waals surface area contributed by atoms with Gasteiger partial charge in [-0.3, -0.25) is 4.90 Å². The van der Waals surface area contributed by atoms with E-state index in [0.29, 0.717) is 24.6 Å². The van der Waals surface area contributed by atoms with Crippen LogP contribution in [-0.4, -0.2) is 46.4 Å². The summed E-state index contributed by atoms with van der Waals surface area (Å²) in [4.78, 5) is 12.5. The summed E-state index contributed by atoms with van der Waals surface area (Å²) in [6, 6.07) is 9.31. The summed E-state index contributed by atoms with van der Waals surface area (Å²) < 4.78 is 5.96. The van der Waals surface area contributed by atoms with Gasteiger partial charge in [-0.1, -0.05) is 12.1 Å². The molecule has 0 aliphatic rings. The zero-order valence-electron chi connectivity index (χ0n) is 15.2. The summed E-state index contributed by atoms with van der Waals surface area (Å²) in [6.07, 6.45) is 5.46. The molecule has 0 saturated heterocycles. The van der Waals surface area contributed by atoms with E-state index in [1.807, 2.05) is 0 Å². The number of nitrogens with zero attached hydrogens (tertiary/aromatic N) is 3. The molecule has 0 aliphatic heterocycles. The van der Waals surface area contributed by atoms with Crippen LogP contribution in [-0.2, 0) is 0 Å². The van der Waals surface area contributed by atoms with Gasteiger partial charge in [-0.25, -0.2) is 9.97 Å². The van der Waals surface area contributed by atoms with Crippen LogP contribution in [0.5, 0.6) is 5.88 Å². The lowest BCUT2D eigenvalue weighted by Crippen LogP contribution is -2.39. The van der Waals surface area contributed by atoms with Crippen molar-refractivity contribution in [3.8, 4) is 17.1 Å². The summed E-state index contributed by atoms with van der Waals surface area (Å²) in [6.45, 7) is 10.3. The van der Waals surface area contributed by atoms with Crippen LogP contribution in [0.1, 0.15) is 27.7 Å². The molecule has 0 aliphatic carbocycles. The van der Waals surface area contributed by atoms with Gasteiger partial charge in [0.2, 0.25) is 5.88 Å². The average molecular weight is 346 g/mol. The molecule has 1 aromatic carbocycles. The zero-order chi connectivity index (χ0) is 17.5. The molecule has 0 radical (unpaired) electrons. The fourth-order valence-electron chi connectivity index (χ4n) is 2.74. The molecule has 130 valence electrons. The first kappa shape index (κ1) is 18.7. The van der Waals surface area contributed by atoms with Gasteiger partial charge in [-0.05, 0) is 46.1 Å². The molecule has 1 heterocycles. The van der Waals surface area contributed by atoms with E-state index in [1.165, 1.54) is 4.90 Å². The van der Waals surface area contributed by atoms with Crippen molar-refractivity contribution in [3.05, 3.63) is 36.7 Å². The van der Waals surface area contributed by atoms with Crippen molar-refractivity contribution >= 4 is 11.8 Å². The average Bonchev–Trinajstić information content (AvgIpc) is 2.58. The first-order valence-electron chi connectivity index (χ1n) is 8.37. The van der Waals surface area contributed by atoms with E-state index in [4.69, 9.17) is 4.74 Å². The van der Waals surface area contributed by atoms with Crippen LogP contribution >= 0.6 is 11.8 Å². The molecule has 2 rings (SSSR count). The predicted octanol–water partition coefficient (Wildman–Crippen LogP) is 4.36. The number of aromatic nitrogens is 2. The summed E-state index contributed by atoms with van der Waals surface area (Å²) in [7, 11) is 0. The normalized spacial score (nSPS) is 11.5. The van der Waals surface area contributed by atoms with Gasteiger partial charge in [0.15, 0.2) is 0 Å². The molecule has 0 N–H and O–H groups in total. The van der Waals surface area contributed by atoms with Crippen LogP contribution in [0.15, 0.2) is 41.6 Å². The lowest BCUT2D eigenvalue weighted by molar-refractivity contribution is 0.140. The molecule has 4 nitrogen and oxygen atoms in total. The second-order valence-corrected chi connectivity index (χ2v) is 7.09. The monoisotopic (exact) mass is 345 g/mol.